The van der Waals surface area contributed by atoms with Crippen molar-refractivity contribution in [3.8, 4) is 0 Å². The van der Waals surface area contributed by atoms with Crippen molar-refractivity contribution < 1.29 is 14.7 Å². The van der Waals surface area contributed by atoms with E-state index >= 15 is 0 Å². The second-order valence-electron chi connectivity index (χ2n) is 3.74. The maximum absolute atomic E-state index is 11.9. The summed E-state index contributed by atoms with van der Waals surface area (Å²) < 4.78 is 0. The van der Waals surface area contributed by atoms with Crippen molar-refractivity contribution in [3.63, 3.8) is 0 Å². The van der Waals surface area contributed by atoms with Gasteiger partial charge in [-0.1, -0.05) is 0 Å². The van der Waals surface area contributed by atoms with E-state index in [0.717, 1.165) is 10.4 Å². The van der Waals surface area contributed by atoms with Crippen LogP contribution in [-0.4, -0.2) is 35.5 Å². The van der Waals surface area contributed by atoms with Gasteiger partial charge in [0.25, 0.3) is 5.91 Å². The summed E-state index contributed by atoms with van der Waals surface area (Å²) in [4.78, 5) is 25.6. The highest BCUT2D eigenvalue weighted by Crippen LogP contribution is 2.22. The Balaban J connectivity index is 2.70. The largest absolute Gasteiger partial charge is 0.481 e. The lowest BCUT2D eigenvalue weighted by atomic mass is 10.2. The first-order valence-electron chi connectivity index (χ1n) is 4.96. The normalized spacial score (nSPS) is 10.2. The number of carboxylic acids is 1. The maximum Gasteiger partial charge on any atom is 0.305 e. The summed E-state index contributed by atoms with van der Waals surface area (Å²) in [5, 5.41) is 8.54. The molecule has 88 valence electrons. The fraction of sp³-hybridized carbons (Fsp3) is 0.455. The number of hydrogen-bond donors (Lipinski definition) is 1. The number of carbonyl (C=O) groups is 2. The average Bonchev–Trinajstić information content (AvgIpc) is 2.53. The molecule has 1 heterocycles. The molecular weight excluding hydrogens is 226 g/mol. The Morgan fingerprint density at radius 1 is 1.44 bits per heavy atom. The van der Waals surface area contributed by atoms with Gasteiger partial charge in [-0.3, -0.25) is 9.59 Å². The predicted octanol–water partition coefficient (Wildman–Crippen LogP) is 1.91. The summed E-state index contributed by atoms with van der Waals surface area (Å²) in [6.07, 6.45) is -0.0222. The van der Waals surface area contributed by atoms with Crippen LogP contribution in [0.1, 0.15) is 26.5 Å². The number of rotatable bonds is 4. The molecule has 0 bridgehead atoms. The summed E-state index contributed by atoms with van der Waals surface area (Å²) in [6.45, 7) is 4.08. The molecule has 0 atom stereocenters. The van der Waals surface area contributed by atoms with Crippen LogP contribution in [0.25, 0.3) is 0 Å². The highest BCUT2D eigenvalue weighted by atomic mass is 32.1. The van der Waals surface area contributed by atoms with Gasteiger partial charge >= 0.3 is 5.97 Å². The zero-order valence-electron chi connectivity index (χ0n) is 9.61. The van der Waals surface area contributed by atoms with Crippen LogP contribution in [-0.2, 0) is 4.79 Å². The van der Waals surface area contributed by atoms with E-state index in [4.69, 9.17) is 5.11 Å². The third-order valence-corrected chi connectivity index (χ3v) is 3.38. The molecule has 0 aliphatic carbocycles. The minimum Gasteiger partial charge on any atom is -0.481 e. The molecule has 0 aliphatic rings. The Hall–Kier alpha value is -1.36. The Morgan fingerprint density at radius 2 is 2.06 bits per heavy atom. The molecule has 1 aromatic heterocycles. The van der Waals surface area contributed by atoms with Gasteiger partial charge in [-0.05, 0) is 25.5 Å². The van der Waals surface area contributed by atoms with Crippen LogP contribution in [0, 0.1) is 13.8 Å². The fourth-order valence-electron chi connectivity index (χ4n) is 1.39. The van der Waals surface area contributed by atoms with E-state index in [2.05, 4.69) is 0 Å². The number of aryl methyl sites for hydroxylation is 2. The molecule has 0 saturated carbocycles. The molecule has 4 nitrogen and oxygen atoms in total. The predicted molar refractivity (Wildman–Crippen MR) is 63.0 cm³/mol. The van der Waals surface area contributed by atoms with Gasteiger partial charge in [-0.15, -0.1) is 11.3 Å². The SMILES string of the molecule is Cc1cc(C)c(C(=O)N(C)CCC(=O)O)s1. The molecule has 0 aromatic carbocycles. The van der Waals surface area contributed by atoms with Crippen LogP contribution in [0.4, 0.5) is 0 Å². The van der Waals surface area contributed by atoms with Crippen molar-refractivity contribution in [1.29, 1.82) is 0 Å². The van der Waals surface area contributed by atoms with Crippen molar-refractivity contribution >= 4 is 23.2 Å². The minimum atomic E-state index is -0.890. The molecule has 0 fully saturated rings. The highest BCUT2D eigenvalue weighted by molar-refractivity contribution is 7.14. The first kappa shape index (κ1) is 12.7. The van der Waals surface area contributed by atoms with Crippen LogP contribution in [0.3, 0.4) is 0 Å². The minimum absolute atomic E-state index is 0.0222. The van der Waals surface area contributed by atoms with Crippen molar-refractivity contribution in [3.05, 3.63) is 21.4 Å². The lowest BCUT2D eigenvalue weighted by Crippen LogP contribution is -2.28. The third kappa shape index (κ3) is 3.06. The van der Waals surface area contributed by atoms with Crippen LogP contribution in [0.5, 0.6) is 0 Å². The molecule has 1 N–H and O–H groups in total. The number of carboxylic acid groups (broad SMARTS) is 1. The Bertz CT molecular complexity index is 411. The van der Waals surface area contributed by atoms with Crippen molar-refractivity contribution in [2.75, 3.05) is 13.6 Å². The number of nitrogens with zero attached hydrogens (tertiary/aromatic N) is 1. The van der Waals surface area contributed by atoms with Crippen LogP contribution >= 0.6 is 11.3 Å². The zero-order chi connectivity index (χ0) is 12.3. The van der Waals surface area contributed by atoms with Crippen LogP contribution in [0.2, 0.25) is 0 Å². The first-order chi connectivity index (χ1) is 7.41. The van der Waals surface area contributed by atoms with Gasteiger partial charge < -0.3 is 10.0 Å². The molecule has 1 aromatic rings. The quantitative estimate of drug-likeness (QED) is 0.876. The topological polar surface area (TPSA) is 57.6 Å². The lowest BCUT2D eigenvalue weighted by Gasteiger charge is -2.15. The molecule has 0 unspecified atom stereocenters. The monoisotopic (exact) mass is 241 g/mol. The molecular formula is C11H15NO3S. The van der Waals surface area contributed by atoms with Gasteiger partial charge in [-0.2, -0.15) is 0 Å². The highest BCUT2D eigenvalue weighted by Gasteiger charge is 2.17. The smallest absolute Gasteiger partial charge is 0.305 e. The molecule has 1 rings (SSSR count). The van der Waals surface area contributed by atoms with E-state index in [0.29, 0.717) is 4.88 Å². The Kier molecular flexibility index (Phi) is 4.06. The van der Waals surface area contributed by atoms with Gasteiger partial charge in [0.15, 0.2) is 0 Å². The van der Waals surface area contributed by atoms with Crippen molar-refractivity contribution in [2.24, 2.45) is 0 Å². The van der Waals surface area contributed by atoms with E-state index in [-0.39, 0.29) is 18.9 Å². The van der Waals surface area contributed by atoms with Gasteiger partial charge in [0.05, 0.1) is 11.3 Å². The number of hydrogen-bond acceptors (Lipinski definition) is 3. The van der Waals surface area contributed by atoms with E-state index in [1.54, 1.807) is 7.05 Å². The Morgan fingerprint density at radius 3 is 2.50 bits per heavy atom. The van der Waals surface area contributed by atoms with Gasteiger partial charge in [0, 0.05) is 18.5 Å². The van der Waals surface area contributed by atoms with E-state index in [1.165, 1.54) is 16.2 Å². The summed E-state index contributed by atoms with van der Waals surface area (Å²) in [6, 6.07) is 1.96. The van der Waals surface area contributed by atoms with Gasteiger partial charge in [0.1, 0.15) is 0 Å². The summed E-state index contributed by atoms with van der Waals surface area (Å²) in [7, 11) is 1.62. The molecule has 0 saturated heterocycles. The summed E-state index contributed by atoms with van der Waals surface area (Å²) in [5.74, 6) is -0.990. The molecule has 0 spiro atoms. The second kappa shape index (κ2) is 5.12. The fourth-order valence-corrected chi connectivity index (χ4v) is 2.41. The molecule has 0 aliphatic heterocycles. The number of aliphatic carboxylic acids is 1. The van der Waals surface area contributed by atoms with Crippen LogP contribution in [0.15, 0.2) is 6.07 Å². The average molecular weight is 241 g/mol. The van der Waals surface area contributed by atoms with E-state index < -0.39 is 5.97 Å². The molecule has 5 heteroatoms. The van der Waals surface area contributed by atoms with E-state index in [1.807, 2.05) is 19.9 Å². The third-order valence-electron chi connectivity index (χ3n) is 2.24. The number of thiophene rings is 1. The maximum atomic E-state index is 11.9. The zero-order valence-corrected chi connectivity index (χ0v) is 10.4. The molecule has 0 radical (unpaired) electrons. The molecule has 1 amide bonds. The molecule has 16 heavy (non-hydrogen) atoms. The summed E-state index contributed by atoms with van der Waals surface area (Å²) in [5.41, 5.74) is 0.953. The number of amides is 1. The first-order valence-corrected chi connectivity index (χ1v) is 5.77. The summed E-state index contributed by atoms with van der Waals surface area (Å²) >= 11 is 1.45. The van der Waals surface area contributed by atoms with Gasteiger partial charge in [-0.25, -0.2) is 0 Å². The Labute approximate surface area is 98.5 Å². The standard InChI is InChI=1S/C11H15NO3S/c1-7-6-8(2)16-10(7)11(15)12(3)5-4-9(13)14/h6H,4-5H2,1-3H3,(H,13,14). The number of carbonyl (C=O) groups excluding carboxylic acids is 1. The van der Waals surface area contributed by atoms with Crippen molar-refractivity contribution in [2.45, 2.75) is 20.3 Å². The van der Waals surface area contributed by atoms with E-state index in [9.17, 15) is 9.59 Å². The lowest BCUT2D eigenvalue weighted by molar-refractivity contribution is -0.137. The van der Waals surface area contributed by atoms with Crippen molar-refractivity contribution in [1.82, 2.24) is 4.90 Å². The second-order valence-corrected chi connectivity index (χ2v) is 5.00. The van der Waals surface area contributed by atoms with Crippen LogP contribution < -0.4 is 0 Å². The van der Waals surface area contributed by atoms with Gasteiger partial charge in [0.2, 0.25) is 0 Å².